The van der Waals surface area contributed by atoms with Gasteiger partial charge in [0.25, 0.3) is 0 Å². The van der Waals surface area contributed by atoms with E-state index in [9.17, 15) is 9.18 Å². The summed E-state index contributed by atoms with van der Waals surface area (Å²) in [6.07, 6.45) is 2.58. The number of aryl methyl sites for hydroxylation is 2. The van der Waals surface area contributed by atoms with Gasteiger partial charge in [-0.2, -0.15) is 0 Å². The summed E-state index contributed by atoms with van der Waals surface area (Å²) in [5.41, 5.74) is 2.18. The molecule has 0 aliphatic heterocycles. The van der Waals surface area contributed by atoms with Gasteiger partial charge in [-0.25, -0.2) is 4.39 Å². The van der Waals surface area contributed by atoms with Gasteiger partial charge in [-0.1, -0.05) is 26.8 Å². The third kappa shape index (κ3) is 2.65. The second-order valence-corrected chi connectivity index (χ2v) is 7.07. The highest BCUT2D eigenvalue weighted by Crippen LogP contribution is 2.42. The topological polar surface area (TPSA) is 17.1 Å². The minimum atomic E-state index is -0.431. The summed E-state index contributed by atoms with van der Waals surface area (Å²) in [5.74, 6) is 0.542. The molecule has 0 spiro atoms. The average Bonchev–Trinajstić information content (AvgIpc) is 2.25. The normalized spacial score (nSPS) is 24.0. The molecule has 2 atom stereocenters. The second kappa shape index (κ2) is 5.31. The van der Waals surface area contributed by atoms with Crippen molar-refractivity contribution in [3.8, 4) is 0 Å². The SMILES string of the molecule is Cc1cc(C)c(C(C)(C)C2CCC(C)CC2=O)c(F)c1. The first-order valence-electron chi connectivity index (χ1n) is 7.53. The van der Waals surface area contributed by atoms with Crippen molar-refractivity contribution in [2.75, 3.05) is 0 Å². The molecule has 2 unspecified atom stereocenters. The Bertz CT molecular complexity index is 507. The van der Waals surface area contributed by atoms with Crippen molar-refractivity contribution in [1.29, 1.82) is 0 Å². The Labute approximate surface area is 121 Å². The summed E-state index contributed by atoms with van der Waals surface area (Å²) in [6, 6.07) is 3.59. The van der Waals surface area contributed by atoms with Crippen molar-refractivity contribution < 1.29 is 9.18 Å². The highest BCUT2D eigenvalue weighted by molar-refractivity contribution is 5.83. The predicted octanol–water partition coefficient (Wildman–Crippen LogP) is 4.73. The van der Waals surface area contributed by atoms with Crippen LogP contribution in [0.4, 0.5) is 4.39 Å². The Morgan fingerprint density at radius 2 is 1.85 bits per heavy atom. The third-order valence-corrected chi connectivity index (χ3v) is 4.83. The van der Waals surface area contributed by atoms with Crippen LogP contribution in [0.3, 0.4) is 0 Å². The summed E-state index contributed by atoms with van der Waals surface area (Å²) >= 11 is 0. The lowest BCUT2D eigenvalue weighted by Gasteiger charge is -2.39. The number of hydrogen-bond acceptors (Lipinski definition) is 1. The quantitative estimate of drug-likeness (QED) is 0.763. The first-order chi connectivity index (χ1) is 9.23. The molecule has 110 valence electrons. The Kier molecular flexibility index (Phi) is 4.04. The number of hydrogen-bond donors (Lipinski definition) is 0. The van der Waals surface area contributed by atoms with Gasteiger partial charge >= 0.3 is 0 Å². The van der Waals surface area contributed by atoms with Crippen molar-refractivity contribution in [3.05, 3.63) is 34.6 Å². The van der Waals surface area contributed by atoms with Crippen LogP contribution in [0.5, 0.6) is 0 Å². The van der Waals surface area contributed by atoms with E-state index in [0.29, 0.717) is 18.1 Å². The van der Waals surface area contributed by atoms with Crippen LogP contribution in [0.2, 0.25) is 0 Å². The third-order valence-electron chi connectivity index (χ3n) is 4.83. The molecule has 1 aromatic carbocycles. The van der Waals surface area contributed by atoms with E-state index in [-0.39, 0.29) is 11.7 Å². The van der Waals surface area contributed by atoms with Gasteiger partial charge < -0.3 is 0 Å². The number of ketones is 1. The highest BCUT2D eigenvalue weighted by atomic mass is 19.1. The molecule has 0 radical (unpaired) electrons. The summed E-state index contributed by atoms with van der Waals surface area (Å²) in [7, 11) is 0. The fourth-order valence-electron chi connectivity index (χ4n) is 3.87. The van der Waals surface area contributed by atoms with E-state index >= 15 is 0 Å². The van der Waals surface area contributed by atoms with Gasteiger partial charge in [0.15, 0.2) is 0 Å². The first-order valence-corrected chi connectivity index (χ1v) is 7.53. The van der Waals surface area contributed by atoms with Crippen molar-refractivity contribution >= 4 is 5.78 Å². The van der Waals surface area contributed by atoms with Crippen LogP contribution in [-0.4, -0.2) is 5.78 Å². The van der Waals surface area contributed by atoms with Gasteiger partial charge in [0.2, 0.25) is 0 Å². The molecule has 1 aliphatic carbocycles. The standard InChI is InChI=1S/C18H25FO/c1-11-6-7-14(16(20)10-11)18(4,5)17-13(3)8-12(2)9-15(17)19/h8-9,11,14H,6-7,10H2,1-5H3. The Balaban J connectivity index is 2.42. The van der Waals surface area contributed by atoms with Gasteiger partial charge in [-0.05, 0) is 55.4 Å². The van der Waals surface area contributed by atoms with Gasteiger partial charge in [0.1, 0.15) is 11.6 Å². The zero-order valence-electron chi connectivity index (χ0n) is 13.2. The van der Waals surface area contributed by atoms with E-state index in [2.05, 4.69) is 6.92 Å². The minimum Gasteiger partial charge on any atom is -0.299 e. The highest BCUT2D eigenvalue weighted by Gasteiger charge is 2.41. The van der Waals surface area contributed by atoms with E-state index in [0.717, 1.165) is 29.5 Å². The number of rotatable bonds is 2. The molecular weight excluding hydrogens is 251 g/mol. The van der Waals surface area contributed by atoms with Gasteiger partial charge in [0.05, 0.1) is 0 Å². The number of Topliss-reactive ketones (excluding diaryl/α,β-unsaturated/α-hetero) is 1. The molecule has 1 aromatic rings. The Hall–Kier alpha value is -1.18. The van der Waals surface area contributed by atoms with Crippen molar-refractivity contribution in [1.82, 2.24) is 0 Å². The maximum absolute atomic E-state index is 14.5. The predicted molar refractivity (Wildman–Crippen MR) is 80.4 cm³/mol. The van der Waals surface area contributed by atoms with Gasteiger partial charge in [0, 0.05) is 17.8 Å². The first kappa shape index (κ1) is 15.2. The van der Waals surface area contributed by atoms with E-state index in [1.54, 1.807) is 6.07 Å². The van der Waals surface area contributed by atoms with Gasteiger partial charge in [-0.3, -0.25) is 4.79 Å². The molecule has 0 heterocycles. The molecule has 1 saturated carbocycles. The molecule has 20 heavy (non-hydrogen) atoms. The summed E-state index contributed by atoms with van der Waals surface area (Å²) < 4.78 is 14.5. The second-order valence-electron chi connectivity index (χ2n) is 7.07. The van der Waals surface area contributed by atoms with Crippen molar-refractivity contribution in [2.45, 2.75) is 59.3 Å². The summed E-state index contributed by atoms with van der Waals surface area (Å²) in [5, 5.41) is 0. The Morgan fingerprint density at radius 1 is 1.20 bits per heavy atom. The number of halogens is 1. The van der Waals surface area contributed by atoms with Crippen molar-refractivity contribution in [2.24, 2.45) is 11.8 Å². The summed E-state index contributed by atoms with van der Waals surface area (Å²) in [4.78, 5) is 12.4. The molecule has 0 bridgehead atoms. The largest absolute Gasteiger partial charge is 0.299 e. The molecule has 1 aliphatic rings. The zero-order chi connectivity index (χ0) is 15.1. The number of benzene rings is 1. The lowest BCUT2D eigenvalue weighted by atomic mass is 9.64. The van der Waals surface area contributed by atoms with Crippen LogP contribution in [0.15, 0.2) is 12.1 Å². The van der Waals surface area contributed by atoms with Crippen LogP contribution in [0.1, 0.15) is 56.7 Å². The number of carbonyl (C=O) groups excluding carboxylic acids is 1. The zero-order valence-corrected chi connectivity index (χ0v) is 13.2. The molecular formula is C18H25FO. The van der Waals surface area contributed by atoms with Crippen LogP contribution in [0.25, 0.3) is 0 Å². The maximum atomic E-state index is 14.5. The smallest absolute Gasteiger partial charge is 0.137 e. The molecule has 1 nitrogen and oxygen atoms in total. The molecule has 0 amide bonds. The molecule has 2 heteroatoms. The van der Waals surface area contributed by atoms with Crippen molar-refractivity contribution in [3.63, 3.8) is 0 Å². The molecule has 0 aromatic heterocycles. The van der Waals surface area contributed by atoms with E-state index in [1.807, 2.05) is 33.8 Å². The fourth-order valence-corrected chi connectivity index (χ4v) is 3.87. The van der Waals surface area contributed by atoms with E-state index in [1.165, 1.54) is 0 Å². The molecule has 1 fully saturated rings. The molecule has 2 rings (SSSR count). The minimum absolute atomic E-state index is 0.0605. The van der Waals surface area contributed by atoms with E-state index in [4.69, 9.17) is 0 Å². The van der Waals surface area contributed by atoms with Crippen LogP contribution < -0.4 is 0 Å². The monoisotopic (exact) mass is 276 g/mol. The lowest BCUT2D eigenvalue weighted by molar-refractivity contribution is -0.128. The Morgan fingerprint density at radius 3 is 2.40 bits per heavy atom. The van der Waals surface area contributed by atoms with Crippen LogP contribution >= 0.6 is 0 Å². The number of carbonyl (C=O) groups is 1. The van der Waals surface area contributed by atoms with E-state index < -0.39 is 5.41 Å². The maximum Gasteiger partial charge on any atom is 0.137 e. The summed E-state index contributed by atoms with van der Waals surface area (Å²) in [6.45, 7) is 10.0. The van der Waals surface area contributed by atoms with Crippen LogP contribution in [-0.2, 0) is 10.2 Å². The average molecular weight is 276 g/mol. The fraction of sp³-hybridized carbons (Fsp3) is 0.611. The van der Waals surface area contributed by atoms with Gasteiger partial charge in [-0.15, -0.1) is 0 Å². The lowest BCUT2D eigenvalue weighted by Crippen LogP contribution is -2.39. The molecule has 0 N–H and O–H groups in total. The molecule has 0 saturated heterocycles. The van der Waals surface area contributed by atoms with Crippen LogP contribution in [0, 0.1) is 31.5 Å².